The maximum absolute atomic E-state index is 4.50. The Kier molecular flexibility index (Phi) is 4.34. The molecule has 2 aromatic heterocycles. The fourth-order valence-electron chi connectivity index (χ4n) is 2.81. The zero-order valence-electron chi connectivity index (χ0n) is 13.7. The zero-order valence-corrected chi connectivity index (χ0v) is 14.5. The highest BCUT2D eigenvalue weighted by molar-refractivity contribution is 7.99. The molecule has 1 aromatic carbocycles. The minimum Gasteiger partial charge on any atom is -0.301 e. The minimum absolute atomic E-state index is 0.318. The molecule has 4 rings (SSSR count). The van der Waals surface area contributed by atoms with Crippen LogP contribution in [0.15, 0.2) is 60.0 Å². The number of hydrogen-bond acceptors (Lipinski definition) is 4. The third kappa shape index (κ3) is 3.36. The molecule has 0 amide bonds. The standard InChI is InChI=1S/C19H20N4S/c1-14(16-9-11-20-12-10-16)24-19-22-21-18(17-7-8-17)23(19)13-15-5-3-2-4-6-15/h2-6,9-12,14,17H,7-8,13H2,1H3/t14-/m1/s1. The molecule has 1 fully saturated rings. The number of rotatable bonds is 6. The van der Waals surface area contributed by atoms with E-state index in [-0.39, 0.29) is 0 Å². The van der Waals surface area contributed by atoms with Gasteiger partial charge in [-0.25, -0.2) is 0 Å². The normalized spacial score (nSPS) is 15.4. The second-order valence-corrected chi connectivity index (χ2v) is 7.54. The van der Waals surface area contributed by atoms with Gasteiger partial charge in [0.05, 0.1) is 6.54 Å². The third-order valence-electron chi connectivity index (χ3n) is 4.33. The average molecular weight is 336 g/mol. The molecule has 24 heavy (non-hydrogen) atoms. The zero-order chi connectivity index (χ0) is 16.4. The van der Waals surface area contributed by atoms with E-state index in [1.54, 1.807) is 11.8 Å². The maximum Gasteiger partial charge on any atom is 0.192 e. The van der Waals surface area contributed by atoms with Crippen LogP contribution in [-0.2, 0) is 6.54 Å². The van der Waals surface area contributed by atoms with Gasteiger partial charge in [0.25, 0.3) is 0 Å². The summed E-state index contributed by atoms with van der Waals surface area (Å²) in [6.45, 7) is 3.05. The van der Waals surface area contributed by atoms with Crippen molar-refractivity contribution in [3.05, 3.63) is 71.8 Å². The molecule has 0 saturated heterocycles. The summed E-state index contributed by atoms with van der Waals surface area (Å²) in [6, 6.07) is 14.7. The molecule has 1 saturated carbocycles. The number of hydrogen-bond donors (Lipinski definition) is 0. The predicted molar refractivity (Wildman–Crippen MR) is 96.1 cm³/mol. The fourth-order valence-corrected chi connectivity index (χ4v) is 3.79. The molecule has 0 N–H and O–H groups in total. The summed E-state index contributed by atoms with van der Waals surface area (Å²) in [6.07, 6.45) is 6.16. The quantitative estimate of drug-likeness (QED) is 0.624. The molecular formula is C19H20N4S. The van der Waals surface area contributed by atoms with Gasteiger partial charge in [-0.15, -0.1) is 10.2 Å². The van der Waals surface area contributed by atoms with Gasteiger partial charge in [0.2, 0.25) is 0 Å². The van der Waals surface area contributed by atoms with Crippen LogP contribution in [0.25, 0.3) is 0 Å². The van der Waals surface area contributed by atoms with Gasteiger partial charge in [-0.1, -0.05) is 42.1 Å². The van der Waals surface area contributed by atoms with Gasteiger partial charge < -0.3 is 4.57 Å². The van der Waals surface area contributed by atoms with Gasteiger partial charge in [0, 0.05) is 23.6 Å². The van der Waals surface area contributed by atoms with Crippen molar-refractivity contribution < 1.29 is 0 Å². The topological polar surface area (TPSA) is 43.6 Å². The van der Waals surface area contributed by atoms with Gasteiger partial charge in [-0.3, -0.25) is 4.98 Å². The molecule has 0 spiro atoms. The Bertz CT molecular complexity index is 797. The van der Waals surface area contributed by atoms with E-state index in [9.17, 15) is 0 Å². The Hall–Kier alpha value is -2.14. The van der Waals surface area contributed by atoms with Crippen molar-refractivity contribution in [2.45, 2.75) is 42.6 Å². The van der Waals surface area contributed by atoms with E-state index in [1.165, 1.54) is 24.0 Å². The SMILES string of the molecule is C[C@@H](Sc1nnc(C2CC2)n1Cc1ccccc1)c1ccncc1. The summed E-state index contributed by atoms with van der Waals surface area (Å²) >= 11 is 1.77. The first-order valence-corrected chi connectivity index (χ1v) is 9.23. The largest absolute Gasteiger partial charge is 0.301 e. The fraction of sp³-hybridized carbons (Fsp3) is 0.316. The van der Waals surface area contributed by atoms with E-state index >= 15 is 0 Å². The van der Waals surface area contributed by atoms with Crippen LogP contribution in [0.1, 0.15) is 47.9 Å². The molecule has 0 unspecified atom stereocenters. The van der Waals surface area contributed by atoms with Crippen LogP contribution < -0.4 is 0 Å². The lowest BCUT2D eigenvalue weighted by atomic mass is 10.2. The molecule has 5 heteroatoms. The summed E-state index contributed by atoms with van der Waals surface area (Å²) in [4.78, 5) is 4.10. The monoisotopic (exact) mass is 336 g/mol. The van der Waals surface area contributed by atoms with Crippen LogP contribution in [0.2, 0.25) is 0 Å². The molecule has 2 heterocycles. The van der Waals surface area contributed by atoms with Crippen molar-refractivity contribution >= 4 is 11.8 Å². The highest BCUT2D eigenvalue weighted by atomic mass is 32.2. The van der Waals surface area contributed by atoms with Crippen LogP contribution in [0.4, 0.5) is 0 Å². The van der Waals surface area contributed by atoms with Gasteiger partial charge in [0.1, 0.15) is 5.82 Å². The Balaban J connectivity index is 1.61. The molecule has 3 aromatic rings. The Morgan fingerprint density at radius 3 is 2.54 bits per heavy atom. The van der Waals surface area contributed by atoms with Crippen LogP contribution in [-0.4, -0.2) is 19.7 Å². The number of aromatic nitrogens is 4. The second-order valence-electron chi connectivity index (χ2n) is 6.23. The Morgan fingerprint density at radius 2 is 1.83 bits per heavy atom. The van der Waals surface area contributed by atoms with Gasteiger partial charge >= 0.3 is 0 Å². The van der Waals surface area contributed by atoms with Gasteiger partial charge in [-0.05, 0) is 43.0 Å². The van der Waals surface area contributed by atoms with Gasteiger partial charge in [-0.2, -0.15) is 0 Å². The van der Waals surface area contributed by atoms with E-state index < -0.39 is 0 Å². The summed E-state index contributed by atoms with van der Waals surface area (Å²) in [5.74, 6) is 1.73. The summed E-state index contributed by atoms with van der Waals surface area (Å²) < 4.78 is 2.30. The van der Waals surface area contributed by atoms with E-state index in [4.69, 9.17) is 0 Å². The number of nitrogens with zero attached hydrogens (tertiary/aromatic N) is 4. The summed E-state index contributed by atoms with van der Waals surface area (Å²) in [7, 11) is 0. The molecule has 4 nitrogen and oxygen atoms in total. The lowest BCUT2D eigenvalue weighted by Gasteiger charge is -2.13. The van der Waals surface area contributed by atoms with Crippen LogP contribution in [0.3, 0.4) is 0 Å². The molecule has 1 atom stereocenters. The Morgan fingerprint density at radius 1 is 1.08 bits per heavy atom. The van der Waals surface area contributed by atoms with Crippen LogP contribution in [0.5, 0.6) is 0 Å². The molecule has 1 aliphatic carbocycles. The third-order valence-corrected chi connectivity index (χ3v) is 5.47. The average Bonchev–Trinajstić information content (AvgIpc) is 3.40. The van der Waals surface area contributed by atoms with Crippen LogP contribution >= 0.6 is 11.8 Å². The molecular weight excluding hydrogens is 316 g/mol. The molecule has 122 valence electrons. The van der Waals surface area contributed by atoms with Crippen molar-refractivity contribution in [3.63, 3.8) is 0 Å². The van der Waals surface area contributed by atoms with Crippen molar-refractivity contribution in [1.29, 1.82) is 0 Å². The predicted octanol–water partition coefficient (Wildman–Crippen LogP) is 4.45. The lowest BCUT2D eigenvalue weighted by Crippen LogP contribution is -2.06. The highest BCUT2D eigenvalue weighted by Gasteiger charge is 2.30. The Labute approximate surface area is 146 Å². The molecule has 0 bridgehead atoms. The molecule has 0 aliphatic heterocycles. The molecule has 1 aliphatic rings. The molecule has 0 radical (unpaired) electrons. The smallest absolute Gasteiger partial charge is 0.192 e. The highest BCUT2D eigenvalue weighted by Crippen LogP contribution is 2.42. The summed E-state index contributed by atoms with van der Waals surface area (Å²) in [5, 5.41) is 10.3. The van der Waals surface area contributed by atoms with E-state index in [2.05, 4.69) is 69.1 Å². The minimum atomic E-state index is 0.318. The lowest BCUT2D eigenvalue weighted by molar-refractivity contribution is 0.666. The van der Waals surface area contributed by atoms with Crippen molar-refractivity contribution in [2.24, 2.45) is 0 Å². The van der Waals surface area contributed by atoms with Crippen LogP contribution in [0, 0.1) is 0 Å². The van der Waals surface area contributed by atoms with E-state index in [0.717, 1.165) is 17.5 Å². The second kappa shape index (κ2) is 6.77. The summed E-state index contributed by atoms with van der Waals surface area (Å²) in [5.41, 5.74) is 2.55. The first-order chi connectivity index (χ1) is 11.8. The van der Waals surface area contributed by atoms with Crippen molar-refractivity contribution in [3.8, 4) is 0 Å². The number of pyridine rings is 1. The van der Waals surface area contributed by atoms with Crippen molar-refractivity contribution in [2.75, 3.05) is 0 Å². The number of thioether (sulfide) groups is 1. The van der Waals surface area contributed by atoms with E-state index in [1.807, 2.05) is 12.4 Å². The number of benzene rings is 1. The van der Waals surface area contributed by atoms with E-state index in [0.29, 0.717) is 11.2 Å². The maximum atomic E-state index is 4.50. The van der Waals surface area contributed by atoms with Gasteiger partial charge in [0.15, 0.2) is 5.16 Å². The first kappa shape index (κ1) is 15.4. The first-order valence-electron chi connectivity index (χ1n) is 8.35. The van der Waals surface area contributed by atoms with Crippen molar-refractivity contribution in [1.82, 2.24) is 19.7 Å².